The smallest absolute Gasteiger partial charge is 0.229 e. The van der Waals surface area contributed by atoms with Crippen molar-refractivity contribution in [3.63, 3.8) is 0 Å². The maximum Gasteiger partial charge on any atom is 0.229 e. The van der Waals surface area contributed by atoms with E-state index in [9.17, 15) is 4.79 Å². The molecule has 0 saturated heterocycles. The van der Waals surface area contributed by atoms with Crippen molar-refractivity contribution >= 4 is 28.9 Å². The third kappa shape index (κ3) is 3.29. The fourth-order valence-electron chi connectivity index (χ4n) is 3.15. The number of thioether (sulfide) groups is 1. The van der Waals surface area contributed by atoms with Gasteiger partial charge in [-0.2, -0.15) is 10.1 Å². The lowest BCUT2D eigenvalue weighted by Crippen LogP contribution is -2.07. The SMILES string of the molecule is CCn1c(SCC(=O)c2cc(C)n(-c3ncn[nH]3)c2C)nnc1-c1cccs1. The van der Waals surface area contributed by atoms with E-state index in [2.05, 4.69) is 32.3 Å². The first-order valence-electron chi connectivity index (χ1n) is 8.78. The normalized spacial score (nSPS) is 11.2. The van der Waals surface area contributed by atoms with Crippen molar-refractivity contribution < 1.29 is 4.79 Å². The number of H-pyrrole nitrogens is 1. The molecule has 1 N–H and O–H groups in total. The van der Waals surface area contributed by atoms with E-state index >= 15 is 0 Å². The molecule has 0 saturated carbocycles. The van der Waals surface area contributed by atoms with Crippen molar-refractivity contribution in [1.29, 1.82) is 0 Å². The third-order valence-electron chi connectivity index (χ3n) is 4.45. The Labute approximate surface area is 170 Å². The minimum Gasteiger partial charge on any atom is -0.302 e. The number of thiophene rings is 1. The van der Waals surface area contributed by atoms with Gasteiger partial charge in [-0.1, -0.05) is 17.8 Å². The number of rotatable bonds is 7. The van der Waals surface area contributed by atoms with E-state index in [1.165, 1.54) is 18.1 Å². The second-order valence-electron chi connectivity index (χ2n) is 6.17. The highest BCUT2D eigenvalue weighted by Crippen LogP contribution is 2.28. The van der Waals surface area contributed by atoms with Gasteiger partial charge in [0.15, 0.2) is 16.8 Å². The second kappa shape index (κ2) is 7.72. The predicted molar refractivity (Wildman–Crippen MR) is 109 cm³/mol. The van der Waals surface area contributed by atoms with Crippen molar-refractivity contribution in [3.05, 3.63) is 46.9 Å². The number of nitrogens with one attached hydrogen (secondary N) is 1. The summed E-state index contributed by atoms with van der Waals surface area (Å²) < 4.78 is 3.94. The molecule has 144 valence electrons. The largest absolute Gasteiger partial charge is 0.302 e. The zero-order valence-corrected chi connectivity index (χ0v) is 17.3. The topological polar surface area (TPSA) is 94.3 Å². The van der Waals surface area contributed by atoms with Gasteiger partial charge in [-0.3, -0.25) is 9.36 Å². The molecule has 0 aliphatic rings. The summed E-state index contributed by atoms with van der Waals surface area (Å²) in [5, 5.41) is 18.1. The highest BCUT2D eigenvalue weighted by Gasteiger charge is 2.20. The highest BCUT2D eigenvalue weighted by molar-refractivity contribution is 7.99. The number of aromatic amines is 1. The van der Waals surface area contributed by atoms with Crippen LogP contribution in [-0.4, -0.2) is 46.0 Å². The van der Waals surface area contributed by atoms with Gasteiger partial charge in [0.1, 0.15) is 6.33 Å². The van der Waals surface area contributed by atoms with Crippen molar-refractivity contribution in [2.45, 2.75) is 32.5 Å². The van der Waals surface area contributed by atoms with Crippen molar-refractivity contribution in [1.82, 2.24) is 34.5 Å². The number of aromatic nitrogens is 7. The number of aryl methyl sites for hydroxylation is 1. The molecule has 4 rings (SSSR count). The van der Waals surface area contributed by atoms with Crippen LogP contribution in [0.25, 0.3) is 16.6 Å². The van der Waals surface area contributed by atoms with Gasteiger partial charge in [0.25, 0.3) is 0 Å². The lowest BCUT2D eigenvalue weighted by Gasteiger charge is -2.06. The van der Waals surface area contributed by atoms with Crippen LogP contribution < -0.4 is 0 Å². The lowest BCUT2D eigenvalue weighted by molar-refractivity contribution is 0.102. The third-order valence-corrected chi connectivity index (χ3v) is 6.29. The van der Waals surface area contributed by atoms with Crippen LogP contribution in [0.1, 0.15) is 28.7 Å². The molecule has 0 aromatic carbocycles. The van der Waals surface area contributed by atoms with E-state index in [1.807, 2.05) is 46.6 Å². The van der Waals surface area contributed by atoms with Gasteiger partial charge in [0.05, 0.1) is 10.6 Å². The monoisotopic (exact) mass is 413 g/mol. The van der Waals surface area contributed by atoms with Crippen LogP contribution >= 0.6 is 23.1 Å². The Morgan fingerprint density at radius 3 is 2.86 bits per heavy atom. The molecule has 8 nitrogen and oxygen atoms in total. The first-order valence-corrected chi connectivity index (χ1v) is 10.6. The molecule has 0 amide bonds. The number of hydrogen-bond acceptors (Lipinski definition) is 7. The second-order valence-corrected chi connectivity index (χ2v) is 8.06. The molecule has 0 spiro atoms. The zero-order chi connectivity index (χ0) is 19.7. The van der Waals surface area contributed by atoms with Crippen LogP contribution in [0, 0.1) is 13.8 Å². The molecule has 0 fully saturated rings. The van der Waals surface area contributed by atoms with Crippen molar-refractivity contribution in [2.24, 2.45) is 0 Å². The van der Waals surface area contributed by atoms with E-state index in [0.717, 1.165) is 33.8 Å². The minimum absolute atomic E-state index is 0.0483. The molecular weight excluding hydrogens is 394 g/mol. The average molecular weight is 414 g/mol. The minimum atomic E-state index is 0.0483. The summed E-state index contributed by atoms with van der Waals surface area (Å²) in [5.41, 5.74) is 2.46. The Bertz CT molecular complexity index is 1090. The first kappa shape index (κ1) is 18.6. The number of nitrogens with zero attached hydrogens (tertiary/aromatic N) is 6. The summed E-state index contributed by atoms with van der Waals surface area (Å²) in [6.07, 6.45) is 1.45. The molecule has 4 heterocycles. The Kier molecular flexibility index (Phi) is 5.14. The summed E-state index contributed by atoms with van der Waals surface area (Å²) >= 11 is 3.04. The van der Waals surface area contributed by atoms with E-state index in [0.29, 0.717) is 17.3 Å². The van der Waals surface area contributed by atoms with E-state index in [-0.39, 0.29) is 5.78 Å². The van der Waals surface area contributed by atoms with Gasteiger partial charge in [-0.25, -0.2) is 5.10 Å². The van der Waals surface area contributed by atoms with E-state index in [4.69, 9.17) is 0 Å². The summed E-state index contributed by atoms with van der Waals surface area (Å²) in [7, 11) is 0. The quantitative estimate of drug-likeness (QED) is 0.368. The predicted octanol–water partition coefficient (Wildman–Crippen LogP) is 3.53. The highest BCUT2D eigenvalue weighted by atomic mass is 32.2. The van der Waals surface area contributed by atoms with E-state index < -0.39 is 0 Å². The molecule has 4 aromatic rings. The molecule has 0 bridgehead atoms. The van der Waals surface area contributed by atoms with Gasteiger partial charge in [-0.15, -0.1) is 21.5 Å². The lowest BCUT2D eigenvalue weighted by atomic mass is 10.2. The molecular formula is C18H19N7OS2. The van der Waals surface area contributed by atoms with Crippen LogP contribution in [0.4, 0.5) is 0 Å². The molecule has 0 atom stereocenters. The number of hydrogen-bond donors (Lipinski definition) is 1. The molecule has 0 unspecified atom stereocenters. The molecule has 4 aromatic heterocycles. The fourth-order valence-corrected chi connectivity index (χ4v) is 4.76. The number of carbonyl (C=O) groups excluding carboxylic acids is 1. The van der Waals surface area contributed by atoms with Crippen LogP contribution in [0.2, 0.25) is 0 Å². The summed E-state index contributed by atoms with van der Waals surface area (Å²) in [5.74, 6) is 1.79. The number of ketones is 1. The van der Waals surface area contributed by atoms with Gasteiger partial charge in [0.2, 0.25) is 5.95 Å². The van der Waals surface area contributed by atoms with Gasteiger partial charge >= 0.3 is 0 Å². The zero-order valence-electron chi connectivity index (χ0n) is 15.7. The Balaban J connectivity index is 1.54. The number of carbonyl (C=O) groups is 1. The van der Waals surface area contributed by atoms with Crippen molar-refractivity contribution in [3.8, 4) is 16.6 Å². The number of Topliss-reactive ketones (excluding diaryl/α,β-unsaturated/α-hetero) is 1. The molecule has 10 heteroatoms. The Morgan fingerprint density at radius 2 is 2.18 bits per heavy atom. The van der Waals surface area contributed by atoms with Crippen LogP contribution in [0.3, 0.4) is 0 Å². The van der Waals surface area contributed by atoms with Crippen LogP contribution in [0.15, 0.2) is 35.1 Å². The Morgan fingerprint density at radius 1 is 1.32 bits per heavy atom. The van der Waals surface area contributed by atoms with Crippen LogP contribution in [-0.2, 0) is 6.54 Å². The maximum atomic E-state index is 12.9. The van der Waals surface area contributed by atoms with Crippen LogP contribution in [0.5, 0.6) is 0 Å². The summed E-state index contributed by atoms with van der Waals surface area (Å²) in [6.45, 7) is 6.66. The maximum absolute atomic E-state index is 12.9. The first-order chi connectivity index (χ1) is 13.6. The summed E-state index contributed by atoms with van der Waals surface area (Å²) in [4.78, 5) is 18.1. The molecule has 28 heavy (non-hydrogen) atoms. The fraction of sp³-hybridized carbons (Fsp3) is 0.278. The molecule has 0 aliphatic carbocycles. The average Bonchev–Trinajstić information content (AvgIpc) is 3.46. The van der Waals surface area contributed by atoms with E-state index in [1.54, 1.807) is 11.3 Å². The van der Waals surface area contributed by atoms with Gasteiger partial charge in [0, 0.05) is 23.5 Å². The van der Waals surface area contributed by atoms with Gasteiger partial charge in [-0.05, 0) is 38.3 Å². The molecule has 0 aliphatic heterocycles. The summed E-state index contributed by atoms with van der Waals surface area (Å²) in [6, 6.07) is 5.91. The Hall–Kier alpha value is -2.72. The van der Waals surface area contributed by atoms with Gasteiger partial charge < -0.3 is 4.57 Å². The molecule has 0 radical (unpaired) electrons. The standard InChI is InChI=1S/C18H19N7OS2/c1-4-24-16(15-6-5-7-27-15)21-23-18(24)28-9-14(26)13-8-11(2)25(12(13)3)17-19-10-20-22-17/h5-8,10H,4,9H2,1-3H3,(H,19,20,22). The van der Waals surface area contributed by atoms with Crippen molar-refractivity contribution in [2.75, 3.05) is 5.75 Å².